The van der Waals surface area contributed by atoms with E-state index >= 15 is 0 Å². The maximum atomic E-state index is 13.4. The van der Waals surface area contributed by atoms with Crippen molar-refractivity contribution in [2.75, 3.05) is 5.32 Å². The molecule has 4 nitrogen and oxygen atoms in total. The predicted molar refractivity (Wildman–Crippen MR) is 62.3 cm³/mol. The molecule has 0 atom stereocenters. The van der Waals surface area contributed by atoms with Crippen molar-refractivity contribution in [2.45, 2.75) is 13.8 Å². The zero-order chi connectivity index (χ0) is 14.2. The molecular weight excluding hydrogens is 259 g/mol. The Balaban J connectivity index is 2.35. The zero-order valence-corrected chi connectivity index (χ0v) is 10.1. The number of anilines is 1. The Morgan fingerprint density at radius 1 is 1.26 bits per heavy atom. The molecule has 1 aromatic carbocycles. The van der Waals surface area contributed by atoms with Crippen LogP contribution in [0.2, 0.25) is 0 Å². The first-order chi connectivity index (χ1) is 8.90. The van der Waals surface area contributed by atoms with Crippen LogP contribution in [0, 0.1) is 31.3 Å². The van der Waals surface area contributed by atoms with Gasteiger partial charge in [-0.05, 0) is 13.8 Å². The summed E-state index contributed by atoms with van der Waals surface area (Å²) in [5.74, 6) is -4.34. The SMILES string of the molecule is Cc1n[nH]c(C)c1C(=O)Nc1cc(F)cc(F)c1F. The highest BCUT2D eigenvalue weighted by Crippen LogP contribution is 2.20. The highest BCUT2D eigenvalue weighted by atomic mass is 19.2. The van der Waals surface area contributed by atoms with Crippen molar-refractivity contribution in [3.63, 3.8) is 0 Å². The molecule has 19 heavy (non-hydrogen) atoms. The summed E-state index contributed by atoms with van der Waals surface area (Å²) in [5, 5.41) is 8.52. The molecule has 7 heteroatoms. The number of aromatic amines is 1. The molecule has 1 heterocycles. The lowest BCUT2D eigenvalue weighted by Crippen LogP contribution is -2.15. The minimum atomic E-state index is -1.36. The lowest BCUT2D eigenvalue weighted by atomic mass is 10.2. The quantitative estimate of drug-likeness (QED) is 0.823. The van der Waals surface area contributed by atoms with Gasteiger partial charge in [-0.2, -0.15) is 5.10 Å². The Morgan fingerprint density at radius 2 is 1.95 bits per heavy atom. The van der Waals surface area contributed by atoms with Gasteiger partial charge in [0.1, 0.15) is 5.82 Å². The number of H-pyrrole nitrogens is 1. The first kappa shape index (κ1) is 13.1. The molecule has 0 aliphatic heterocycles. The topological polar surface area (TPSA) is 57.8 Å². The first-order valence-electron chi connectivity index (χ1n) is 5.37. The summed E-state index contributed by atoms with van der Waals surface area (Å²) in [6, 6.07) is 1.11. The Morgan fingerprint density at radius 3 is 2.53 bits per heavy atom. The van der Waals surface area contributed by atoms with E-state index in [0.717, 1.165) is 0 Å². The van der Waals surface area contributed by atoms with Crippen LogP contribution >= 0.6 is 0 Å². The minimum absolute atomic E-state index is 0.212. The summed E-state index contributed by atoms with van der Waals surface area (Å²) >= 11 is 0. The molecule has 0 saturated carbocycles. The van der Waals surface area contributed by atoms with Gasteiger partial charge in [0.05, 0.1) is 16.9 Å². The van der Waals surface area contributed by atoms with Crippen LogP contribution in [0.1, 0.15) is 21.7 Å². The number of hydrogen-bond acceptors (Lipinski definition) is 2. The Labute approximate surface area is 106 Å². The smallest absolute Gasteiger partial charge is 0.259 e. The van der Waals surface area contributed by atoms with Crippen molar-refractivity contribution in [3.8, 4) is 0 Å². The summed E-state index contributed by atoms with van der Waals surface area (Å²) in [6.45, 7) is 3.19. The molecule has 0 fully saturated rings. The zero-order valence-electron chi connectivity index (χ0n) is 10.1. The van der Waals surface area contributed by atoms with Gasteiger partial charge in [0.2, 0.25) is 0 Å². The van der Waals surface area contributed by atoms with Crippen LogP contribution in [0.4, 0.5) is 18.9 Å². The van der Waals surface area contributed by atoms with Crippen molar-refractivity contribution in [3.05, 3.63) is 46.5 Å². The average molecular weight is 269 g/mol. The third-order valence-corrected chi connectivity index (χ3v) is 2.60. The van der Waals surface area contributed by atoms with E-state index in [9.17, 15) is 18.0 Å². The number of hydrogen-bond donors (Lipinski definition) is 2. The Hall–Kier alpha value is -2.31. The lowest BCUT2D eigenvalue weighted by Gasteiger charge is -2.07. The fourth-order valence-electron chi connectivity index (χ4n) is 1.72. The molecule has 100 valence electrons. The van der Waals surface area contributed by atoms with E-state index in [2.05, 4.69) is 15.5 Å². The number of aromatic nitrogens is 2. The number of nitrogens with zero attached hydrogens (tertiary/aromatic N) is 1. The normalized spacial score (nSPS) is 10.6. The highest BCUT2D eigenvalue weighted by Gasteiger charge is 2.18. The standard InChI is InChI=1S/C12H10F3N3O/c1-5-10(6(2)18-17-5)12(19)16-9-4-7(13)3-8(14)11(9)15/h3-4H,1-2H3,(H,16,19)(H,17,18). The van der Waals surface area contributed by atoms with Crippen molar-refractivity contribution in [2.24, 2.45) is 0 Å². The maximum absolute atomic E-state index is 13.4. The molecular formula is C12H10F3N3O. The number of halogens is 3. The summed E-state index contributed by atoms with van der Waals surface area (Å²) < 4.78 is 39.4. The molecule has 2 aromatic rings. The van der Waals surface area contributed by atoms with Gasteiger partial charge in [-0.1, -0.05) is 0 Å². The fraction of sp³-hybridized carbons (Fsp3) is 0.167. The first-order valence-corrected chi connectivity index (χ1v) is 5.37. The molecule has 0 bridgehead atoms. The summed E-state index contributed by atoms with van der Waals surface area (Å²) in [6.07, 6.45) is 0. The van der Waals surface area contributed by atoms with Crippen LogP contribution in [0.15, 0.2) is 12.1 Å². The van der Waals surface area contributed by atoms with E-state index in [1.54, 1.807) is 13.8 Å². The second-order valence-corrected chi connectivity index (χ2v) is 4.01. The second kappa shape index (κ2) is 4.75. The van der Waals surface area contributed by atoms with Crippen molar-refractivity contribution < 1.29 is 18.0 Å². The molecule has 0 unspecified atom stereocenters. The molecule has 0 radical (unpaired) electrons. The Bertz CT molecular complexity index is 632. The average Bonchev–Trinajstić information content (AvgIpc) is 2.65. The number of carbonyl (C=O) groups is 1. The van der Waals surface area contributed by atoms with Crippen molar-refractivity contribution in [1.82, 2.24) is 10.2 Å². The van der Waals surface area contributed by atoms with Gasteiger partial charge in [-0.3, -0.25) is 9.89 Å². The maximum Gasteiger partial charge on any atom is 0.259 e. The molecule has 0 aliphatic rings. The van der Waals surface area contributed by atoms with Gasteiger partial charge in [-0.15, -0.1) is 0 Å². The largest absolute Gasteiger partial charge is 0.319 e. The molecule has 0 aliphatic carbocycles. The van der Waals surface area contributed by atoms with Gasteiger partial charge >= 0.3 is 0 Å². The van der Waals surface area contributed by atoms with E-state index in [4.69, 9.17) is 0 Å². The van der Waals surface area contributed by atoms with Crippen molar-refractivity contribution >= 4 is 11.6 Å². The fourth-order valence-corrected chi connectivity index (χ4v) is 1.72. The van der Waals surface area contributed by atoms with E-state index in [1.165, 1.54) is 0 Å². The van der Waals surface area contributed by atoms with Crippen molar-refractivity contribution in [1.29, 1.82) is 0 Å². The number of nitrogens with one attached hydrogen (secondary N) is 2. The lowest BCUT2D eigenvalue weighted by molar-refractivity contribution is 0.102. The van der Waals surface area contributed by atoms with E-state index in [0.29, 0.717) is 23.5 Å². The number of aryl methyl sites for hydroxylation is 2. The van der Waals surface area contributed by atoms with Crippen LogP contribution < -0.4 is 5.32 Å². The summed E-state index contributed by atoms with van der Waals surface area (Å²) in [5.41, 5.74) is 0.547. The third-order valence-electron chi connectivity index (χ3n) is 2.60. The van der Waals surface area contributed by atoms with Gasteiger partial charge in [-0.25, -0.2) is 13.2 Å². The van der Waals surface area contributed by atoms with Gasteiger partial charge in [0, 0.05) is 17.8 Å². The van der Waals surface area contributed by atoms with Gasteiger partial charge in [0.25, 0.3) is 5.91 Å². The van der Waals surface area contributed by atoms with E-state index in [1.807, 2.05) is 0 Å². The number of carbonyl (C=O) groups excluding carboxylic acids is 1. The van der Waals surface area contributed by atoms with Crippen LogP contribution in [0.3, 0.4) is 0 Å². The molecule has 2 rings (SSSR count). The monoisotopic (exact) mass is 269 g/mol. The van der Waals surface area contributed by atoms with Crippen LogP contribution in [-0.4, -0.2) is 16.1 Å². The van der Waals surface area contributed by atoms with Crippen LogP contribution in [0.5, 0.6) is 0 Å². The van der Waals surface area contributed by atoms with E-state index < -0.39 is 29.0 Å². The number of amides is 1. The van der Waals surface area contributed by atoms with Crippen LogP contribution in [-0.2, 0) is 0 Å². The van der Waals surface area contributed by atoms with Gasteiger partial charge in [0.15, 0.2) is 11.6 Å². The van der Waals surface area contributed by atoms with Crippen LogP contribution in [0.25, 0.3) is 0 Å². The molecule has 0 saturated heterocycles. The third kappa shape index (κ3) is 2.44. The molecule has 2 N–H and O–H groups in total. The second-order valence-electron chi connectivity index (χ2n) is 4.01. The Kier molecular flexibility index (Phi) is 3.28. The summed E-state index contributed by atoms with van der Waals surface area (Å²) in [4.78, 5) is 11.9. The molecule has 1 aromatic heterocycles. The summed E-state index contributed by atoms with van der Waals surface area (Å²) in [7, 11) is 0. The minimum Gasteiger partial charge on any atom is -0.319 e. The highest BCUT2D eigenvalue weighted by molar-refractivity contribution is 6.05. The number of benzene rings is 1. The molecule has 1 amide bonds. The van der Waals surface area contributed by atoms with Gasteiger partial charge < -0.3 is 5.32 Å². The van der Waals surface area contributed by atoms with E-state index in [-0.39, 0.29) is 5.56 Å². The predicted octanol–water partition coefficient (Wildman–Crippen LogP) is 2.70. The number of rotatable bonds is 2. The molecule has 0 spiro atoms.